The Kier molecular flexibility index (Phi) is 5.55. The molecule has 1 aliphatic carbocycles. The molecule has 2 N–H and O–H groups in total. The molecule has 0 saturated heterocycles. The maximum atomic E-state index is 13.5. The van der Waals surface area contributed by atoms with E-state index in [0.717, 1.165) is 35.2 Å². The Morgan fingerprint density at radius 2 is 2.14 bits per heavy atom. The van der Waals surface area contributed by atoms with Crippen LogP contribution in [0.25, 0.3) is 15.9 Å². The van der Waals surface area contributed by atoms with E-state index >= 15 is 0 Å². The minimum atomic E-state index is -0.301. The van der Waals surface area contributed by atoms with Gasteiger partial charge in [-0.25, -0.2) is 4.98 Å². The van der Waals surface area contributed by atoms with Crippen LogP contribution >= 0.6 is 23.1 Å². The first-order chi connectivity index (χ1) is 13.5. The normalized spacial score (nSPS) is 16.2. The lowest BCUT2D eigenvalue weighted by Gasteiger charge is -2.17. The van der Waals surface area contributed by atoms with E-state index in [4.69, 9.17) is 10.7 Å². The van der Waals surface area contributed by atoms with Gasteiger partial charge in [-0.1, -0.05) is 36.9 Å². The van der Waals surface area contributed by atoms with Gasteiger partial charge in [0.25, 0.3) is 5.56 Å². The van der Waals surface area contributed by atoms with Crippen molar-refractivity contribution >= 4 is 39.2 Å². The average Bonchev–Trinajstić information content (AvgIpc) is 3.03. The number of thioether (sulfide) groups is 1. The quantitative estimate of drug-likeness (QED) is 0.377. The molecule has 5 nitrogen and oxygen atoms in total. The maximum Gasteiger partial charge on any atom is 0.267 e. The smallest absolute Gasteiger partial charge is 0.267 e. The van der Waals surface area contributed by atoms with E-state index in [1.165, 1.54) is 22.2 Å². The first kappa shape index (κ1) is 19.2. The fourth-order valence-corrected chi connectivity index (χ4v) is 6.06. The summed E-state index contributed by atoms with van der Waals surface area (Å²) in [6.45, 7) is 2.27. The van der Waals surface area contributed by atoms with Gasteiger partial charge in [-0.05, 0) is 49.3 Å². The van der Waals surface area contributed by atoms with Crippen LogP contribution in [0.15, 0.2) is 40.3 Å². The molecule has 0 aliphatic heterocycles. The van der Waals surface area contributed by atoms with Gasteiger partial charge in [-0.3, -0.25) is 14.2 Å². The molecule has 0 spiro atoms. The van der Waals surface area contributed by atoms with E-state index in [2.05, 4.69) is 6.92 Å². The number of nitrogens with two attached hydrogens (primary N) is 1. The van der Waals surface area contributed by atoms with Crippen molar-refractivity contribution in [3.8, 4) is 5.69 Å². The Balaban J connectivity index is 1.82. The van der Waals surface area contributed by atoms with E-state index in [1.54, 1.807) is 15.9 Å². The molecule has 2 heterocycles. The molecule has 146 valence electrons. The summed E-state index contributed by atoms with van der Waals surface area (Å²) in [4.78, 5) is 31.6. The zero-order valence-corrected chi connectivity index (χ0v) is 17.4. The van der Waals surface area contributed by atoms with Crippen molar-refractivity contribution in [2.24, 2.45) is 11.7 Å². The van der Waals surface area contributed by atoms with Crippen molar-refractivity contribution in [1.82, 2.24) is 9.55 Å². The Morgan fingerprint density at radius 3 is 2.89 bits per heavy atom. The third-order valence-corrected chi connectivity index (χ3v) is 7.28. The summed E-state index contributed by atoms with van der Waals surface area (Å²) in [5.74, 6) is 1.04. The summed E-state index contributed by atoms with van der Waals surface area (Å²) in [5.41, 5.74) is 7.28. The van der Waals surface area contributed by atoms with Gasteiger partial charge in [-0.15, -0.1) is 11.3 Å². The lowest BCUT2D eigenvalue weighted by molar-refractivity contribution is -0.118. The molecule has 2 aromatic heterocycles. The first-order valence-electron chi connectivity index (χ1n) is 9.58. The molecule has 0 radical (unpaired) electrons. The fraction of sp³-hybridized carbons (Fsp3) is 0.381. The van der Waals surface area contributed by atoms with Crippen LogP contribution in [0.1, 0.15) is 36.6 Å². The van der Waals surface area contributed by atoms with Crippen molar-refractivity contribution in [1.29, 1.82) is 0 Å². The van der Waals surface area contributed by atoms with Gasteiger partial charge >= 0.3 is 0 Å². The summed E-state index contributed by atoms with van der Waals surface area (Å²) < 4.78 is 1.72. The number of nitrogens with zero attached hydrogens (tertiary/aromatic N) is 2. The van der Waals surface area contributed by atoms with Crippen molar-refractivity contribution in [2.45, 2.75) is 44.2 Å². The molecule has 1 unspecified atom stereocenters. The molecule has 3 aromatic rings. The molecule has 0 bridgehead atoms. The highest BCUT2D eigenvalue weighted by Gasteiger charge is 2.25. The highest BCUT2D eigenvalue weighted by atomic mass is 32.2. The van der Waals surface area contributed by atoms with Crippen LogP contribution in [0, 0.1) is 5.92 Å². The zero-order valence-electron chi connectivity index (χ0n) is 15.8. The largest absolute Gasteiger partial charge is 0.370 e. The Hall–Kier alpha value is -2.12. The van der Waals surface area contributed by atoms with Crippen molar-refractivity contribution in [2.75, 3.05) is 5.75 Å². The number of aryl methyl sites for hydroxylation is 1. The van der Waals surface area contributed by atoms with Gasteiger partial charge < -0.3 is 5.73 Å². The molecule has 1 aliphatic rings. The number of hydrogen-bond acceptors (Lipinski definition) is 5. The van der Waals surface area contributed by atoms with E-state index in [0.29, 0.717) is 29.7 Å². The van der Waals surface area contributed by atoms with Crippen molar-refractivity contribution < 1.29 is 4.79 Å². The Bertz CT molecular complexity index is 1070. The number of amides is 1. The molecule has 4 rings (SSSR count). The van der Waals surface area contributed by atoms with E-state index in [1.807, 2.05) is 30.3 Å². The minimum Gasteiger partial charge on any atom is -0.370 e. The van der Waals surface area contributed by atoms with Crippen LogP contribution in [0.2, 0.25) is 0 Å². The lowest BCUT2D eigenvalue weighted by Crippen LogP contribution is -2.22. The summed E-state index contributed by atoms with van der Waals surface area (Å²) >= 11 is 3.18. The fourth-order valence-electron chi connectivity index (χ4n) is 3.68. The second-order valence-electron chi connectivity index (χ2n) is 7.32. The molecule has 0 fully saturated rings. The maximum absolute atomic E-state index is 13.5. The summed E-state index contributed by atoms with van der Waals surface area (Å²) in [7, 11) is 0. The molecule has 1 aromatic carbocycles. The predicted octanol–water partition coefficient (Wildman–Crippen LogP) is 3.93. The van der Waals surface area contributed by atoms with Crippen LogP contribution in [-0.4, -0.2) is 21.2 Å². The summed E-state index contributed by atoms with van der Waals surface area (Å²) in [6.07, 6.45) is 4.11. The van der Waals surface area contributed by atoms with Crippen LogP contribution in [-0.2, 0) is 17.6 Å². The number of benzene rings is 1. The number of hydrogen-bond donors (Lipinski definition) is 1. The van der Waals surface area contributed by atoms with Crippen LogP contribution in [0.3, 0.4) is 0 Å². The molecular formula is C21H23N3O2S2. The van der Waals surface area contributed by atoms with Crippen molar-refractivity contribution in [3.05, 3.63) is 51.1 Å². The van der Waals surface area contributed by atoms with Gasteiger partial charge in [0.15, 0.2) is 5.16 Å². The highest BCUT2D eigenvalue weighted by molar-refractivity contribution is 7.99. The predicted molar refractivity (Wildman–Crippen MR) is 116 cm³/mol. The molecule has 28 heavy (non-hydrogen) atoms. The van der Waals surface area contributed by atoms with Gasteiger partial charge in [-0.2, -0.15) is 0 Å². The van der Waals surface area contributed by atoms with Gasteiger partial charge in [0.05, 0.1) is 11.1 Å². The van der Waals surface area contributed by atoms with E-state index in [9.17, 15) is 9.59 Å². The van der Waals surface area contributed by atoms with E-state index in [-0.39, 0.29) is 11.5 Å². The highest BCUT2D eigenvalue weighted by Crippen LogP contribution is 2.37. The molecule has 0 saturated carbocycles. The Morgan fingerprint density at radius 1 is 1.36 bits per heavy atom. The standard InChI is InChI=1S/C21H23N3O2S2/c1-13-9-10-15-16(12-13)28-19-18(15)20(26)24(14-6-3-2-4-7-14)21(23-19)27-11-5-8-17(22)25/h2-4,6-7,13H,5,8-12H2,1H3,(H2,22,25). The second kappa shape index (κ2) is 8.09. The molecular weight excluding hydrogens is 390 g/mol. The Labute approximate surface area is 172 Å². The third kappa shape index (κ3) is 3.73. The third-order valence-electron chi connectivity index (χ3n) is 5.11. The topological polar surface area (TPSA) is 78.0 Å². The zero-order chi connectivity index (χ0) is 19.7. The lowest BCUT2D eigenvalue weighted by atomic mass is 9.89. The number of carbonyl (C=O) groups is 1. The van der Waals surface area contributed by atoms with Crippen LogP contribution in [0.5, 0.6) is 0 Å². The number of thiophene rings is 1. The number of fused-ring (bicyclic) bond motifs is 3. The summed E-state index contributed by atoms with van der Waals surface area (Å²) in [5, 5.41) is 1.47. The molecule has 7 heteroatoms. The monoisotopic (exact) mass is 413 g/mol. The van der Waals surface area contributed by atoms with E-state index < -0.39 is 0 Å². The summed E-state index contributed by atoms with van der Waals surface area (Å²) in [6, 6.07) is 9.66. The molecule has 1 amide bonds. The number of carbonyl (C=O) groups excluding carboxylic acids is 1. The van der Waals surface area contributed by atoms with Crippen LogP contribution < -0.4 is 11.3 Å². The second-order valence-corrected chi connectivity index (χ2v) is 9.47. The number of rotatable bonds is 6. The van der Waals surface area contributed by atoms with Gasteiger partial charge in [0.1, 0.15) is 4.83 Å². The SMILES string of the molecule is CC1CCc2c(sc3nc(SCCCC(N)=O)n(-c4ccccc4)c(=O)c23)C1. The molecule has 1 atom stereocenters. The van der Waals surface area contributed by atoms with Crippen LogP contribution in [0.4, 0.5) is 0 Å². The van der Waals surface area contributed by atoms with Crippen molar-refractivity contribution in [3.63, 3.8) is 0 Å². The van der Waals surface area contributed by atoms with Gasteiger partial charge in [0, 0.05) is 17.1 Å². The van der Waals surface area contributed by atoms with Gasteiger partial charge in [0.2, 0.25) is 5.91 Å². The first-order valence-corrected chi connectivity index (χ1v) is 11.4. The number of primary amides is 1. The minimum absolute atomic E-state index is 0.0145. The number of aromatic nitrogens is 2. The number of para-hydroxylation sites is 1. The average molecular weight is 414 g/mol.